The van der Waals surface area contributed by atoms with Crippen molar-refractivity contribution in [3.8, 4) is 12.3 Å². The number of terminal acetylenes is 1. The minimum Gasteiger partial charge on any atom is -0.341 e. The van der Waals surface area contributed by atoms with Crippen molar-refractivity contribution < 1.29 is 4.79 Å². The third-order valence-corrected chi connectivity index (χ3v) is 4.72. The fourth-order valence-electron chi connectivity index (χ4n) is 3.09. The Morgan fingerprint density at radius 1 is 1.20 bits per heavy atom. The van der Waals surface area contributed by atoms with Crippen LogP contribution < -0.4 is 0 Å². The van der Waals surface area contributed by atoms with Crippen LogP contribution in [0.1, 0.15) is 26.7 Å². The zero-order chi connectivity index (χ0) is 14.5. The molecule has 0 bridgehead atoms. The third-order valence-electron chi connectivity index (χ3n) is 4.72. The zero-order valence-electron chi connectivity index (χ0n) is 12.8. The first kappa shape index (κ1) is 15.3. The summed E-state index contributed by atoms with van der Waals surface area (Å²) in [4.78, 5) is 19.2. The van der Waals surface area contributed by atoms with Crippen molar-refractivity contribution >= 4 is 5.91 Å². The summed E-state index contributed by atoms with van der Waals surface area (Å²) in [5.74, 6) is 3.77. The molecule has 2 aliphatic rings. The van der Waals surface area contributed by atoms with Crippen molar-refractivity contribution in [3.05, 3.63) is 0 Å². The van der Waals surface area contributed by atoms with E-state index in [1.807, 2.05) is 0 Å². The van der Waals surface area contributed by atoms with E-state index < -0.39 is 0 Å². The molecule has 2 saturated heterocycles. The van der Waals surface area contributed by atoms with E-state index in [9.17, 15) is 4.79 Å². The quantitative estimate of drug-likeness (QED) is 0.717. The molecule has 0 aromatic heterocycles. The van der Waals surface area contributed by atoms with Gasteiger partial charge < -0.3 is 4.90 Å². The van der Waals surface area contributed by atoms with Crippen LogP contribution in [0.2, 0.25) is 0 Å². The number of carbonyl (C=O) groups excluding carboxylic acids is 1. The van der Waals surface area contributed by atoms with Crippen molar-refractivity contribution in [2.75, 3.05) is 45.8 Å². The second-order valence-electron chi connectivity index (χ2n) is 6.20. The number of nitrogens with zero attached hydrogens (tertiary/aromatic N) is 3. The van der Waals surface area contributed by atoms with Gasteiger partial charge in [0.15, 0.2) is 0 Å². The first-order chi connectivity index (χ1) is 9.61. The molecular formula is C16H27N3O. The van der Waals surface area contributed by atoms with Crippen LogP contribution >= 0.6 is 0 Å². The van der Waals surface area contributed by atoms with E-state index in [-0.39, 0.29) is 6.04 Å². The van der Waals surface area contributed by atoms with Gasteiger partial charge in [0.2, 0.25) is 5.91 Å². The van der Waals surface area contributed by atoms with Gasteiger partial charge in [0.25, 0.3) is 0 Å². The van der Waals surface area contributed by atoms with Gasteiger partial charge in [-0.15, -0.1) is 6.42 Å². The second kappa shape index (κ2) is 7.10. The average molecular weight is 277 g/mol. The number of amides is 1. The van der Waals surface area contributed by atoms with E-state index in [0.717, 1.165) is 64.6 Å². The van der Waals surface area contributed by atoms with Gasteiger partial charge in [-0.1, -0.05) is 12.8 Å². The Morgan fingerprint density at radius 2 is 1.80 bits per heavy atom. The van der Waals surface area contributed by atoms with E-state index in [4.69, 9.17) is 6.42 Å². The molecule has 0 saturated carbocycles. The predicted molar refractivity (Wildman–Crippen MR) is 81.3 cm³/mol. The van der Waals surface area contributed by atoms with Crippen LogP contribution in [0.5, 0.6) is 0 Å². The minimum absolute atomic E-state index is 0.0105. The van der Waals surface area contributed by atoms with E-state index in [1.165, 1.54) is 0 Å². The van der Waals surface area contributed by atoms with Crippen molar-refractivity contribution in [3.63, 3.8) is 0 Å². The zero-order valence-corrected chi connectivity index (χ0v) is 12.8. The molecule has 2 aliphatic heterocycles. The number of likely N-dealkylation sites (tertiary alicyclic amines) is 1. The van der Waals surface area contributed by atoms with E-state index >= 15 is 0 Å². The molecule has 2 rings (SSSR count). The molecule has 112 valence electrons. The van der Waals surface area contributed by atoms with Crippen LogP contribution in [0.4, 0.5) is 0 Å². The lowest BCUT2D eigenvalue weighted by molar-refractivity contribution is -0.138. The van der Waals surface area contributed by atoms with Crippen LogP contribution in [-0.4, -0.2) is 72.5 Å². The molecule has 0 aromatic rings. The molecule has 20 heavy (non-hydrogen) atoms. The van der Waals surface area contributed by atoms with Gasteiger partial charge in [-0.3, -0.25) is 14.6 Å². The Hall–Kier alpha value is -1.05. The van der Waals surface area contributed by atoms with Gasteiger partial charge in [0.1, 0.15) is 0 Å². The van der Waals surface area contributed by atoms with E-state index in [0.29, 0.717) is 5.91 Å². The van der Waals surface area contributed by atoms with Gasteiger partial charge in [0, 0.05) is 39.3 Å². The van der Waals surface area contributed by atoms with Crippen molar-refractivity contribution in [2.24, 2.45) is 5.92 Å². The highest BCUT2D eigenvalue weighted by atomic mass is 16.2. The lowest BCUT2D eigenvalue weighted by Gasteiger charge is -2.39. The monoisotopic (exact) mass is 277 g/mol. The molecule has 1 amide bonds. The van der Waals surface area contributed by atoms with Gasteiger partial charge >= 0.3 is 0 Å². The van der Waals surface area contributed by atoms with Crippen LogP contribution in [0, 0.1) is 18.3 Å². The molecule has 1 atom stereocenters. The average Bonchev–Trinajstić information content (AvgIpc) is 2.48. The van der Waals surface area contributed by atoms with Gasteiger partial charge in [0.05, 0.1) is 12.6 Å². The molecule has 0 radical (unpaired) electrons. The Balaban J connectivity index is 1.81. The summed E-state index contributed by atoms with van der Waals surface area (Å²) in [6.07, 6.45) is 7.64. The van der Waals surface area contributed by atoms with E-state index in [2.05, 4.69) is 34.5 Å². The molecule has 2 fully saturated rings. The van der Waals surface area contributed by atoms with Crippen molar-refractivity contribution in [1.82, 2.24) is 14.7 Å². The summed E-state index contributed by atoms with van der Waals surface area (Å²) >= 11 is 0. The first-order valence-corrected chi connectivity index (χ1v) is 7.80. The summed E-state index contributed by atoms with van der Waals surface area (Å²) in [6.45, 7) is 10.7. The predicted octanol–water partition coefficient (Wildman–Crippen LogP) is 0.884. The Morgan fingerprint density at radius 3 is 2.35 bits per heavy atom. The summed E-state index contributed by atoms with van der Waals surface area (Å²) in [7, 11) is 0. The van der Waals surface area contributed by atoms with Gasteiger partial charge in [-0.05, 0) is 25.7 Å². The largest absolute Gasteiger partial charge is 0.341 e. The molecule has 0 aromatic carbocycles. The first-order valence-electron chi connectivity index (χ1n) is 7.80. The maximum atomic E-state index is 12.5. The minimum atomic E-state index is 0.0105. The molecular weight excluding hydrogens is 250 g/mol. The highest BCUT2D eigenvalue weighted by molar-refractivity contribution is 5.81. The smallest absolute Gasteiger partial charge is 0.239 e. The molecule has 0 aliphatic carbocycles. The molecule has 0 spiro atoms. The topological polar surface area (TPSA) is 26.8 Å². The highest BCUT2D eigenvalue weighted by Crippen LogP contribution is 2.18. The molecule has 0 N–H and O–H groups in total. The van der Waals surface area contributed by atoms with Gasteiger partial charge in [-0.25, -0.2) is 0 Å². The number of hydrogen-bond acceptors (Lipinski definition) is 3. The molecule has 4 nitrogen and oxygen atoms in total. The van der Waals surface area contributed by atoms with Crippen LogP contribution in [-0.2, 0) is 4.79 Å². The normalized spacial score (nSPS) is 24.4. The maximum absolute atomic E-state index is 12.5. The standard InChI is InChI=1S/C16H27N3O/c1-4-7-17-10-12-18(13-11-17)15(3)16(20)19-8-5-14(2)6-9-19/h1,14-15H,5-13H2,2-3H3. The summed E-state index contributed by atoms with van der Waals surface area (Å²) < 4.78 is 0. The third kappa shape index (κ3) is 3.74. The molecule has 2 heterocycles. The summed E-state index contributed by atoms with van der Waals surface area (Å²) in [5, 5.41) is 0. The molecule has 4 heteroatoms. The Bertz CT molecular complexity index is 360. The lowest BCUT2D eigenvalue weighted by Crippen LogP contribution is -2.55. The number of piperidine rings is 1. The Labute approximate surface area is 123 Å². The second-order valence-corrected chi connectivity index (χ2v) is 6.20. The van der Waals surface area contributed by atoms with Crippen molar-refractivity contribution in [2.45, 2.75) is 32.7 Å². The number of carbonyl (C=O) groups is 1. The maximum Gasteiger partial charge on any atom is 0.239 e. The lowest BCUT2D eigenvalue weighted by atomic mass is 9.98. The van der Waals surface area contributed by atoms with Crippen LogP contribution in [0.25, 0.3) is 0 Å². The SMILES string of the molecule is C#CCN1CCN(C(C)C(=O)N2CCC(C)CC2)CC1. The summed E-state index contributed by atoms with van der Waals surface area (Å²) in [5.41, 5.74) is 0. The number of piperazine rings is 1. The Kier molecular flexibility index (Phi) is 5.45. The highest BCUT2D eigenvalue weighted by Gasteiger charge is 2.29. The number of hydrogen-bond donors (Lipinski definition) is 0. The fourth-order valence-corrected chi connectivity index (χ4v) is 3.09. The molecule has 1 unspecified atom stereocenters. The summed E-state index contributed by atoms with van der Waals surface area (Å²) in [6, 6.07) is 0.0105. The fraction of sp³-hybridized carbons (Fsp3) is 0.812. The van der Waals surface area contributed by atoms with Crippen LogP contribution in [0.3, 0.4) is 0 Å². The van der Waals surface area contributed by atoms with Crippen molar-refractivity contribution in [1.29, 1.82) is 0 Å². The van der Waals surface area contributed by atoms with Crippen LogP contribution in [0.15, 0.2) is 0 Å². The van der Waals surface area contributed by atoms with E-state index in [1.54, 1.807) is 0 Å². The number of rotatable bonds is 3. The van der Waals surface area contributed by atoms with Gasteiger partial charge in [-0.2, -0.15) is 0 Å².